The Kier molecular flexibility index (Phi) is 9.10. The molecule has 0 amide bonds. The van der Waals surface area contributed by atoms with Gasteiger partial charge in [0.2, 0.25) is 5.79 Å². The number of hydrogen-bond acceptors (Lipinski definition) is 5. The largest absolute Gasteiger partial charge is 0.413 e. The Labute approximate surface area is 214 Å². The number of rotatable bonds is 11. The Balaban J connectivity index is 1.73. The Morgan fingerprint density at radius 3 is 2.14 bits per heavy atom. The smallest absolute Gasteiger partial charge is 0.201 e. The third-order valence-corrected chi connectivity index (χ3v) is 14.5. The molecule has 3 rings (SSSR count). The minimum Gasteiger partial charge on any atom is -0.413 e. The van der Waals surface area contributed by atoms with E-state index in [-0.39, 0.29) is 30.7 Å². The summed E-state index contributed by atoms with van der Waals surface area (Å²) in [6.45, 7) is 21.1. The van der Waals surface area contributed by atoms with Crippen LogP contribution in [-0.4, -0.2) is 50.2 Å². The van der Waals surface area contributed by atoms with Crippen LogP contribution < -0.4 is 0 Å². The summed E-state index contributed by atoms with van der Waals surface area (Å²) in [7, 11) is -2.16. The lowest BCUT2D eigenvalue weighted by atomic mass is 9.81. The molecule has 2 bridgehead atoms. The van der Waals surface area contributed by atoms with Crippen LogP contribution in [0.5, 0.6) is 0 Å². The van der Waals surface area contributed by atoms with Crippen LogP contribution in [0.15, 0.2) is 42.5 Å². The third-order valence-electron chi connectivity index (χ3n) is 8.41. The molecule has 35 heavy (non-hydrogen) atoms. The van der Waals surface area contributed by atoms with Gasteiger partial charge in [-0.1, -0.05) is 91.8 Å². The highest BCUT2D eigenvalue weighted by Crippen LogP contribution is 2.47. The molecule has 6 heteroatoms. The molecule has 2 aliphatic rings. The molecular weight excluding hydrogens is 456 g/mol. The molecule has 0 aliphatic carbocycles. The Bertz CT molecular complexity index is 819. The molecular formula is C29H48O5Si. The molecule has 1 fully saturated rings. The summed E-state index contributed by atoms with van der Waals surface area (Å²) < 4.78 is 25.8. The zero-order valence-corrected chi connectivity index (χ0v) is 24.3. The highest BCUT2D eigenvalue weighted by Gasteiger charge is 2.59. The molecule has 1 saturated heterocycles. The number of hydrogen-bond donors (Lipinski definition) is 1. The summed E-state index contributed by atoms with van der Waals surface area (Å²) in [5, 5.41) is 11.9. The summed E-state index contributed by atoms with van der Waals surface area (Å²) in [5.41, 5.74) is 1.10. The predicted molar refractivity (Wildman–Crippen MR) is 144 cm³/mol. The Morgan fingerprint density at radius 1 is 0.971 bits per heavy atom. The lowest BCUT2D eigenvalue weighted by Crippen LogP contribution is -2.68. The molecule has 0 radical (unpaired) electrons. The van der Waals surface area contributed by atoms with E-state index in [1.165, 1.54) is 0 Å². The van der Waals surface area contributed by atoms with Crippen molar-refractivity contribution in [3.63, 3.8) is 0 Å². The highest BCUT2D eigenvalue weighted by molar-refractivity contribution is 6.77. The molecule has 0 saturated carbocycles. The van der Waals surface area contributed by atoms with Crippen molar-refractivity contribution in [3.05, 3.63) is 48.0 Å². The first kappa shape index (κ1) is 28.5. The van der Waals surface area contributed by atoms with Crippen molar-refractivity contribution in [2.75, 3.05) is 13.2 Å². The van der Waals surface area contributed by atoms with Crippen LogP contribution in [0.4, 0.5) is 0 Å². The van der Waals surface area contributed by atoms with Gasteiger partial charge in [0.05, 0.1) is 32.0 Å². The summed E-state index contributed by atoms with van der Waals surface area (Å²) in [5.74, 6) is -0.885. The molecule has 1 N–H and O–H groups in total. The van der Waals surface area contributed by atoms with Crippen LogP contribution in [0.3, 0.4) is 0 Å². The SMILES string of the molecule is CC1C([C@H](C)COCc2ccccc2)OC2(C)O[C@H]1C=C[C@@]2(O)CO[Si](C(C)C)(C(C)C)C(C)C. The Morgan fingerprint density at radius 2 is 1.57 bits per heavy atom. The maximum absolute atomic E-state index is 11.9. The van der Waals surface area contributed by atoms with Gasteiger partial charge in [0.15, 0.2) is 13.9 Å². The lowest BCUT2D eigenvalue weighted by molar-refractivity contribution is -0.383. The van der Waals surface area contributed by atoms with Gasteiger partial charge < -0.3 is 23.7 Å². The van der Waals surface area contributed by atoms with E-state index >= 15 is 0 Å². The molecule has 1 aromatic rings. The van der Waals surface area contributed by atoms with Crippen molar-refractivity contribution in [3.8, 4) is 0 Å². The van der Waals surface area contributed by atoms with Gasteiger partial charge >= 0.3 is 0 Å². The van der Waals surface area contributed by atoms with E-state index < -0.39 is 19.7 Å². The predicted octanol–water partition coefficient (Wildman–Crippen LogP) is 6.47. The molecule has 0 aromatic heterocycles. The number of ether oxygens (including phenoxy) is 3. The molecule has 2 heterocycles. The van der Waals surface area contributed by atoms with Gasteiger partial charge in [-0.15, -0.1) is 0 Å². The third kappa shape index (κ3) is 5.63. The average molecular weight is 505 g/mol. The van der Waals surface area contributed by atoms with Gasteiger partial charge in [-0.3, -0.25) is 0 Å². The van der Waals surface area contributed by atoms with E-state index in [1.807, 2.05) is 37.3 Å². The second-order valence-electron chi connectivity index (χ2n) is 11.8. The Hall–Kier alpha value is -1.02. The maximum atomic E-state index is 11.9. The minimum atomic E-state index is -2.16. The first-order valence-corrected chi connectivity index (χ1v) is 15.5. The van der Waals surface area contributed by atoms with Gasteiger partial charge in [0.1, 0.15) is 0 Å². The van der Waals surface area contributed by atoms with E-state index in [1.54, 1.807) is 0 Å². The first-order valence-electron chi connectivity index (χ1n) is 13.4. The van der Waals surface area contributed by atoms with Crippen LogP contribution in [0.1, 0.15) is 67.9 Å². The average Bonchev–Trinajstić information content (AvgIpc) is 2.79. The number of aliphatic hydroxyl groups is 1. The second kappa shape index (κ2) is 11.2. The standard InChI is InChI=1S/C29H48O5Si/c1-20(2)35(21(3)4,22(5)6)32-19-29(30)16-15-26-24(8)27(34-28(29,9)33-26)23(7)17-31-18-25-13-11-10-12-14-25/h10-16,20-24,26-27,30H,17-19H2,1-9H3/t23-,24?,26+,27?,28?,29-/m1/s1. The van der Waals surface area contributed by atoms with E-state index in [0.717, 1.165) is 5.56 Å². The van der Waals surface area contributed by atoms with Gasteiger partial charge in [-0.2, -0.15) is 0 Å². The molecule has 0 spiro atoms. The fourth-order valence-corrected chi connectivity index (χ4v) is 11.8. The molecule has 2 aliphatic heterocycles. The molecule has 5 nitrogen and oxygen atoms in total. The fraction of sp³-hybridized carbons (Fsp3) is 0.724. The maximum Gasteiger partial charge on any atom is 0.201 e. The van der Waals surface area contributed by atoms with Crippen LogP contribution in [0, 0.1) is 11.8 Å². The summed E-state index contributed by atoms with van der Waals surface area (Å²) in [6.07, 6.45) is 3.66. The lowest BCUT2D eigenvalue weighted by Gasteiger charge is -2.56. The molecule has 198 valence electrons. The summed E-state index contributed by atoms with van der Waals surface area (Å²) in [4.78, 5) is 0. The van der Waals surface area contributed by atoms with Crippen molar-refractivity contribution >= 4 is 8.32 Å². The van der Waals surface area contributed by atoms with E-state index in [0.29, 0.717) is 29.8 Å². The van der Waals surface area contributed by atoms with Crippen molar-refractivity contribution in [1.82, 2.24) is 0 Å². The zero-order valence-electron chi connectivity index (χ0n) is 23.3. The summed E-state index contributed by atoms with van der Waals surface area (Å²) in [6, 6.07) is 10.2. The van der Waals surface area contributed by atoms with Crippen molar-refractivity contribution in [2.45, 2.75) is 109 Å². The van der Waals surface area contributed by atoms with Crippen molar-refractivity contribution in [2.24, 2.45) is 11.8 Å². The highest BCUT2D eigenvalue weighted by atomic mass is 28.4. The molecule has 3 unspecified atom stereocenters. The quantitative estimate of drug-likeness (QED) is 0.276. The molecule has 1 aromatic carbocycles. The van der Waals surface area contributed by atoms with Crippen LogP contribution in [-0.2, 0) is 25.2 Å². The summed E-state index contributed by atoms with van der Waals surface area (Å²) >= 11 is 0. The van der Waals surface area contributed by atoms with Crippen molar-refractivity contribution < 1.29 is 23.7 Å². The van der Waals surface area contributed by atoms with Gasteiger partial charge in [0.25, 0.3) is 0 Å². The fourth-order valence-electron chi connectivity index (χ4n) is 6.35. The normalized spacial score (nSPS) is 32.0. The topological polar surface area (TPSA) is 57.2 Å². The number of fused-ring (bicyclic) bond motifs is 2. The van der Waals surface area contributed by atoms with Gasteiger partial charge in [0, 0.05) is 11.8 Å². The van der Waals surface area contributed by atoms with E-state index in [9.17, 15) is 5.11 Å². The number of benzene rings is 1. The molecule has 6 atom stereocenters. The first-order chi connectivity index (χ1) is 16.4. The van der Waals surface area contributed by atoms with Gasteiger partial charge in [-0.05, 0) is 35.2 Å². The van der Waals surface area contributed by atoms with E-state index in [4.69, 9.17) is 18.6 Å². The van der Waals surface area contributed by atoms with Crippen LogP contribution in [0.25, 0.3) is 0 Å². The van der Waals surface area contributed by atoms with E-state index in [2.05, 4.69) is 67.5 Å². The van der Waals surface area contributed by atoms with Crippen LogP contribution in [0.2, 0.25) is 16.6 Å². The van der Waals surface area contributed by atoms with Crippen molar-refractivity contribution in [1.29, 1.82) is 0 Å². The second-order valence-corrected chi connectivity index (χ2v) is 17.3. The van der Waals surface area contributed by atoms with Gasteiger partial charge in [-0.25, -0.2) is 0 Å². The zero-order chi connectivity index (χ0) is 26.0. The minimum absolute atomic E-state index is 0.103. The monoisotopic (exact) mass is 504 g/mol. The van der Waals surface area contributed by atoms with Crippen LogP contribution >= 0.6 is 0 Å².